The van der Waals surface area contributed by atoms with Gasteiger partial charge in [0.05, 0.1) is 17.1 Å². The topological polar surface area (TPSA) is 107 Å². The first-order valence-electron chi connectivity index (χ1n) is 12.1. The minimum atomic E-state index is -0.0749. The summed E-state index contributed by atoms with van der Waals surface area (Å²) in [4.78, 5) is 17.5. The molecule has 0 atom stereocenters. The van der Waals surface area contributed by atoms with E-state index in [4.69, 9.17) is 14.9 Å². The van der Waals surface area contributed by atoms with E-state index in [-0.39, 0.29) is 24.7 Å². The van der Waals surface area contributed by atoms with Crippen molar-refractivity contribution in [3.8, 4) is 11.7 Å². The van der Waals surface area contributed by atoms with Gasteiger partial charge in [-0.3, -0.25) is 4.79 Å². The number of benzene rings is 1. The smallest absolute Gasteiger partial charge is 0.251 e. The molecule has 3 aromatic heterocycles. The number of hydrogen-bond acceptors (Lipinski definition) is 6. The van der Waals surface area contributed by atoms with Crippen LogP contribution in [-0.2, 0) is 0 Å². The molecule has 2 saturated carbocycles. The summed E-state index contributed by atoms with van der Waals surface area (Å²) in [5, 5.41) is 22.3. The molecule has 2 fully saturated rings. The number of fused-ring (bicyclic) bond motifs is 2. The number of carbonyl (C=O) groups is 1. The Bertz CT molecular complexity index is 1330. The van der Waals surface area contributed by atoms with Crippen molar-refractivity contribution >= 4 is 22.5 Å². The fourth-order valence-corrected chi connectivity index (χ4v) is 4.82. The number of aliphatic hydroxyl groups excluding tert-OH is 1. The second-order valence-corrected chi connectivity index (χ2v) is 9.38. The quantitative estimate of drug-likeness (QED) is 0.438. The van der Waals surface area contributed by atoms with Crippen molar-refractivity contribution < 1.29 is 14.6 Å². The first-order chi connectivity index (χ1) is 16.7. The van der Waals surface area contributed by atoms with Crippen LogP contribution in [0.25, 0.3) is 22.4 Å². The van der Waals surface area contributed by atoms with Gasteiger partial charge in [0, 0.05) is 24.4 Å². The molecular formula is C25H28N6O3. The molecule has 2 aliphatic carbocycles. The van der Waals surface area contributed by atoms with Crippen molar-refractivity contribution in [3.05, 3.63) is 48.3 Å². The largest absolute Gasteiger partial charge is 0.474 e. The van der Waals surface area contributed by atoms with E-state index in [0.717, 1.165) is 61.5 Å². The molecule has 0 unspecified atom stereocenters. The Morgan fingerprint density at radius 2 is 2.00 bits per heavy atom. The molecule has 6 rings (SSSR count). The standard InChI is InChI=1S/C25H28N6O3/c32-13-11-16-3-6-18(7-4-16)28-24(33)17-5-10-21-20(14-17)25(34-19-8-9-19)31(29-21)23-15-26-22-2-1-12-27-30(22)23/h1-2,5,10,12,14-16,18-19,32H,3-4,6-9,11,13H2,(H,28,33). The molecule has 34 heavy (non-hydrogen) atoms. The summed E-state index contributed by atoms with van der Waals surface area (Å²) < 4.78 is 9.75. The number of amides is 1. The number of rotatable bonds is 7. The van der Waals surface area contributed by atoms with Crippen LogP contribution in [0, 0.1) is 5.92 Å². The second kappa shape index (κ2) is 8.72. The van der Waals surface area contributed by atoms with Gasteiger partial charge in [0.25, 0.3) is 5.91 Å². The molecule has 176 valence electrons. The summed E-state index contributed by atoms with van der Waals surface area (Å²) >= 11 is 0. The van der Waals surface area contributed by atoms with E-state index in [9.17, 15) is 4.79 Å². The Morgan fingerprint density at radius 3 is 2.79 bits per heavy atom. The zero-order chi connectivity index (χ0) is 23.1. The highest BCUT2D eigenvalue weighted by Gasteiger charge is 2.29. The second-order valence-electron chi connectivity index (χ2n) is 9.38. The highest BCUT2D eigenvalue weighted by Crippen LogP contribution is 2.35. The number of aliphatic hydroxyl groups is 1. The molecule has 0 aliphatic heterocycles. The third kappa shape index (κ3) is 4.00. The number of aromatic nitrogens is 5. The van der Waals surface area contributed by atoms with Crippen molar-refractivity contribution in [2.75, 3.05) is 6.61 Å². The van der Waals surface area contributed by atoms with Crippen LogP contribution in [0.4, 0.5) is 0 Å². The van der Waals surface area contributed by atoms with Gasteiger partial charge in [0.15, 0.2) is 11.5 Å². The van der Waals surface area contributed by atoms with Crippen molar-refractivity contribution in [1.29, 1.82) is 0 Å². The van der Waals surface area contributed by atoms with E-state index in [1.807, 2.05) is 30.3 Å². The van der Waals surface area contributed by atoms with Gasteiger partial charge in [-0.25, -0.2) is 4.98 Å². The Hall–Kier alpha value is -3.46. The lowest BCUT2D eigenvalue weighted by atomic mass is 9.84. The van der Waals surface area contributed by atoms with Crippen molar-refractivity contribution in [2.45, 2.75) is 57.1 Å². The van der Waals surface area contributed by atoms with E-state index in [1.54, 1.807) is 21.6 Å². The van der Waals surface area contributed by atoms with E-state index in [0.29, 0.717) is 23.2 Å². The van der Waals surface area contributed by atoms with Crippen LogP contribution >= 0.6 is 0 Å². The zero-order valence-electron chi connectivity index (χ0n) is 18.9. The maximum Gasteiger partial charge on any atom is 0.251 e. The van der Waals surface area contributed by atoms with Crippen LogP contribution in [0.1, 0.15) is 55.3 Å². The lowest BCUT2D eigenvalue weighted by Crippen LogP contribution is -2.37. The van der Waals surface area contributed by atoms with Crippen molar-refractivity contribution in [2.24, 2.45) is 5.92 Å². The van der Waals surface area contributed by atoms with Crippen LogP contribution in [0.5, 0.6) is 5.88 Å². The van der Waals surface area contributed by atoms with Crippen LogP contribution in [-0.4, -0.2) is 54.1 Å². The van der Waals surface area contributed by atoms with Crippen molar-refractivity contribution in [3.63, 3.8) is 0 Å². The number of nitrogens with one attached hydrogen (secondary N) is 1. The predicted molar refractivity (Wildman–Crippen MR) is 126 cm³/mol. The van der Waals surface area contributed by atoms with Crippen LogP contribution < -0.4 is 10.1 Å². The third-order valence-corrected chi connectivity index (χ3v) is 6.89. The normalized spacial score (nSPS) is 20.6. The molecule has 2 N–H and O–H groups in total. The van der Waals surface area contributed by atoms with Crippen LogP contribution in [0.2, 0.25) is 0 Å². The molecule has 9 nitrogen and oxygen atoms in total. The fourth-order valence-electron chi connectivity index (χ4n) is 4.82. The van der Waals surface area contributed by atoms with E-state index in [2.05, 4.69) is 15.4 Å². The lowest BCUT2D eigenvalue weighted by molar-refractivity contribution is 0.0919. The molecule has 4 aromatic rings. The minimum absolute atomic E-state index is 0.0749. The first-order valence-corrected chi connectivity index (χ1v) is 12.1. The van der Waals surface area contributed by atoms with Gasteiger partial charge < -0.3 is 15.2 Å². The number of hydrogen-bond donors (Lipinski definition) is 2. The molecule has 1 amide bonds. The number of ether oxygens (including phenoxy) is 1. The SMILES string of the molecule is O=C(NC1CCC(CCO)CC1)c1ccc2nn(-c3cnc4cccnn34)c(OC3CC3)c2c1. The molecule has 0 bridgehead atoms. The molecule has 3 heterocycles. The maximum atomic E-state index is 13.1. The number of nitrogens with zero attached hydrogens (tertiary/aromatic N) is 5. The predicted octanol–water partition coefficient (Wildman–Crippen LogP) is 3.28. The summed E-state index contributed by atoms with van der Waals surface area (Å²) in [5.41, 5.74) is 2.08. The molecular weight excluding hydrogens is 432 g/mol. The van der Waals surface area contributed by atoms with Crippen LogP contribution in [0.3, 0.4) is 0 Å². The number of imidazole rings is 1. The van der Waals surface area contributed by atoms with Gasteiger partial charge in [-0.1, -0.05) is 0 Å². The van der Waals surface area contributed by atoms with E-state index < -0.39 is 0 Å². The third-order valence-electron chi connectivity index (χ3n) is 6.89. The molecule has 0 spiro atoms. The summed E-state index contributed by atoms with van der Waals surface area (Å²) in [7, 11) is 0. The Labute approximate surface area is 196 Å². The maximum absolute atomic E-state index is 13.1. The average Bonchev–Trinajstić information content (AvgIpc) is 3.47. The Morgan fingerprint density at radius 1 is 1.15 bits per heavy atom. The summed E-state index contributed by atoms with van der Waals surface area (Å²) in [5.74, 6) is 1.79. The zero-order valence-corrected chi connectivity index (χ0v) is 18.9. The summed E-state index contributed by atoms with van der Waals surface area (Å²) in [6, 6.07) is 9.47. The molecule has 0 saturated heterocycles. The van der Waals surface area contributed by atoms with Gasteiger partial charge in [-0.05, 0) is 81.2 Å². The highest BCUT2D eigenvalue weighted by atomic mass is 16.5. The lowest BCUT2D eigenvalue weighted by Gasteiger charge is -2.28. The van der Waals surface area contributed by atoms with Crippen molar-refractivity contribution in [1.82, 2.24) is 29.7 Å². The van der Waals surface area contributed by atoms with Gasteiger partial charge >= 0.3 is 0 Å². The van der Waals surface area contributed by atoms with E-state index in [1.165, 1.54) is 0 Å². The Kier molecular flexibility index (Phi) is 5.41. The number of carbonyl (C=O) groups excluding carboxylic acids is 1. The summed E-state index contributed by atoms with van der Waals surface area (Å²) in [6.07, 6.45) is 10.5. The molecule has 2 aliphatic rings. The van der Waals surface area contributed by atoms with Crippen LogP contribution in [0.15, 0.2) is 42.7 Å². The van der Waals surface area contributed by atoms with Gasteiger partial charge in [0.1, 0.15) is 6.10 Å². The van der Waals surface area contributed by atoms with Gasteiger partial charge in [0.2, 0.25) is 5.88 Å². The highest BCUT2D eigenvalue weighted by molar-refractivity contribution is 5.99. The van der Waals surface area contributed by atoms with Gasteiger partial charge in [-0.15, -0.1) is 0 Å². The average molecular weight is 461 g/mol. The van der Waals surface area contributed by atoms with E-state index >= 15 is 0 Å². The van der Waals surface area contributed by atoms with Gasteiger partial charge in [-0.2, -0.15) is 19.4 Å². The molecule has 9 heteroatoms. The summed E-state index contributed by atoms with van der Waals surface area (Å²) in [6.45, 7) is 0.242. The molecule has 1 aromatic carbocycles. The minimum Gasteiger partial charge on any atom is -0.474 e. The monoisotopic (exact) mass is 460 g/mol. The fraction of sp³-hybridized carbons (Fsp3) is 0.440. The molecule has 0 radical (unpaired) electrons. The first kappa shape index (κ1) is 21.1. The Balaban J connectivity index is 1.30.